The van der Waals surface area contributed by atoms with Crippen LogP contribution in [0.2, 0.25) is 0 Å². The van der Waals surface area contributed by atoms with Crippen molar-refractivity contribution < 1.29 is 9.59 Å². The first-order valence-corrected chi connectivity index (χ1v) is 6.81. The highest BCUT2D eigenvalue weighted by Gasteiger charge is 2.18. The molecule has 4 heteroatoms. The first-order valence-electron chi connectivity index (χ1n) is 6.81. The SMILES string of the molecule is NC(=O)CNC(=O)CC(c1ccccc1)c1ccccc1. The van der Waals surface area contributed by atoms with E-state index in [0.29, 0.717) is 0 Å². The molecule has 2 rings (SSSR count). The molecular formula is C17H18N2O2. The molecule has 0 aliphatic rings. The predicted octanol–water partition coefficient (Wildman–Crippen LogP) is 1.81. The molecule has 0 heterocycles. The second-order valence-corrected chi connectivity index (χ2v) is 4.82. The third-order valence-electron chi connectivity index (χ3n) is 3.25. The number of carbonyl (C=O) groups excluding carboxylic acids is 2. The van der Waals surface area contributed by atoms with Crippen LogP contribution in [0, 0.1) is 0 Å². The molecule has 108 valence electrons. The zero-order valence-corrected chi connectivity index (χ0v) is 11.7. The van der Waals surface area contributed by atoms with Gasteiger partial charge >= 0.3 is 0 Å². The molecule has 4 nitrogen and oxygen atoms in total. The van der Waals surface area contributed by atoms with Crippen LogP contribution in [-0.4, -0.2) is 18.4 Å². The van der Waals surface area contributed by atoms with Gasteiger partial charge < -0.3 is 11.1 Å². The summed E-state index contributed by atoms with van der Waals surface area (Å²) in [6.07, 6.45) is 0.279. The maximum atomic E-state index is 12.0. The van der Waals surface area contributed by atoms with Gasteiger partial charge in [-0.2, -0.15) is 0 Å². The number of nitrogens with one attached hydrogen (secondary N) is 1. The Labute approximate surface area is 124 Å². The molecule has 0 unspecified atom stereocenters. The van der Waals surface area contributed by atoms with E-state index in [4.69, 9.17) is 5.73 Å². The highest BCUT2D eigenvalue weighted by Crippen LogP contribution is 2.27. The third kappa shape index (κ3) is 4.45. The van der Waals surface area contributed by atoms with Crippen molar-refractivity contribution in [2.45, 2.75) is 12.3 Å². The summed E-state index contributed by atoms with van der Waals surface area (Å²) in [6.45, 7) is -0.130. The molecule has 0 saturated heterocycles. The lowest BCUT2D eigenvalue weighted by Gasteiger charge is -2.17. The van der Waals surface area contributed by atoms with Gasteiger partial charge in [0.15, 0.2) is 0 Å². The minimum Gasteiger partial charge on any atom is -0.368 e. The molecule has 0 aromatic heterocycles. The van der Waals surface area contributed by atoms with Crippen LogP contribution in [0.5, 0.6) is 0 Å². The zero-order valence-electron chi connectivity index (χ0n) is 11.7. The van der Waals surface area contributed by atoms with Crippen molar-refractivity contribution in [2.24, 2.45) is 5.73 Å². The largest absolute Gasteiger partial charge is 0.368 e. The molecule has 3 N–H and O–H groups in total. The lowest BCUT2D eigenvalue weighted by Crippen LogP contribution is -2.34. The minimum absolute atomic E-state index is 0.0414. The second-order valence-electron chi connectivity index (χ2n) is 4.82. The van der Waals surface area contributed by atoms with E-state index in [2.05, 4.69) is 5.32 Å². The predicted molar refractivity (Wildman–Crippen MR) is 81.5 cm³/mol. The number of rotatable bonds is 6. The summed E-state index contributed by atoms with van der Waals surface area (Å²) < 4.78 is 0. The summed E-state index contributed by atoms with van der Waals surface area (Å²) in [7, 11) is 0. The van der Waals surface area contributed by atoms with Crippen LogP contribution in [0.3, 0.4) is 0 Å². The van der Waals surface area contributed by atoms with Gasteiger partial charge in [-0.15, -0.1) is 0 Å². The van der Waals surface area contributed by atoms with E-state index in [1.165, 1.54) is 0 Å². The number of primary amides is 1. The number of nitrogens with two attached hydrogens (primary N) is 1. The van der Waals surface area contributed by atoms with E-state index >= 15 is 0 Å². The summed E-state index contributed by atoms with van der Waals surface area (Å²) in [5.41, 5.74) is 7.18. The Morgan fingerprint density at radius 3 is 1.81 bits per heavy atom. The average Bonchev–Trinajstić information content (AvgIpc) is 2.52. The fraction of sp³-hybridized carbons (Fsp3) is 0.176. The smallest absolute Gasteiger partial charge is 0.236 e. The second kappa shape index (κ2) is 7.24. The number of amides is 2. The molecule has 0 aliphatic carbocycles. The van der Waals surface area contributed by atoms with Crippen molar-refractivity contribution in [1.82, 2.24) is 5.32 Å². The summed E-state index contributed by atoms with van der Waals surface area (Å²) >= 11 is 0. The van der Waals surface area contributed by atoms with Gasteiger partial charge in [-0.3, -0.25) is 9.59 Å². The first-order chi connectivity index (χ1) is 10.2. The fourth-order valence-electron chi connectivity index (χ4n) is 2.24. The summed E-state index contributed by atoms with van der Waals surface area (Å²) in [5, 5.41) is 2.54. The van der Waals surface area contributed by atoms with E-state index < -0.39 is 5.91 Å². The monoisotopic (exact) mass is 282 g/mol. The van der Waals surface area contributed by atoms with Gasteiger partial charge in [-0.05, 0) is 11.1 Å². The van der Waals surface area contributed by atoms with E-state index in [1.807, 2.05) is 60.7 Å². The molecule has 21 heavy (non-hydrogen) atoms. The Bertz CT molecular complexity index is 557. The normalized spacial score (nSPS) is 10.3. The Morgan fingerprint density at radius 2 is 1.38 bits per heavy atom. The Morgan fingerprint density at radius 1 is 0.905 bits per heavy atom. The highest BCUT2D eigenvalue weighted by molar-refractivity contribution is 5.84. The van der Waals surface area contributed by atoms with Crippen LogP contribution in [0.4, 0.5) is 0 Å². The van der Waals surface area contributed by atoms with Crippen molar-refractivity contribution in [3.05, 3.63) is 71.8 Å². The van der Waals surface area contributed by atoms with Crippen LogP contribution >= 0.6 is 0 Å². The van der Waals surface area contributed by atoms with Gasteiger partial charge in [0, 0.05) is 12.3 Å². The van der Waals surface area contributed by atoms with Gasteiger partial charge in [0.05, 0.1) is 6.54 Å². The van der Waals surface area contributed by atoms with Crippen LogP contribution in [-0.2, 0) is 9.59 Å². The van der Waals surface area contributed by atoms with Crippen molar-refractivity contribution in [2.75, 3.05) is 6.54 Å². The Kier molecular flexibility index (Phi) is 5.10. The van der Waals surface area contributed by atoms with Crippen LogP contribution in [0.25, 0.3) is 0 Å². The van der Waals surface area contributed by atoms with Gasteiger partial charge in [0.25, 0.3) is 0 Å². The zero-order chi connectivity index (χ0) is 15.1. The summed E-state index contributed by atoms with van der Waals surface area (Å²) in [5.74, 6) is -0.772. The van der Waals surface area contributed by atoms with Gasteiger partial charge in [-0.1, -0.05) is 60.7 Å². The maximum Gasteiger partial charge on any atom is 0.236 e. The van der Waals surface area contributed by atoms with E-state index in [0.717, 1.165) is 11.1 Å². The van der Waals surface area contributed by atoms with E-state index in [-0.39, 0.29) is 24.8 Å². The molecule has 0 atom stereocenters. The topological polar surface area (TPSA) is 72.2 Å². The maximum absolute atomic E-state index is 12.0. The van der Waals surface area contributed by atoms with Crippen LogP contribution in [0.1, 0.15) is 23.5 Å². The van der Waals surface area contributed by atoms with Crippen molar-refractivity contribution in [3.63, 3.8) is 0 Å². The molecule has 0 aliphatic heterocycles. The number of hydrogen-bond acceptors (Lipinski definition) is 2. The molecule has 0 fully saturated rings. The molecule has 2 aromatic carbocycles. The van der Waals surface area contributed by atoms with E-state index in [9.17, 15) is 9.59 Å². The van der Waals surface area contributed by atoms with Crippen molar-refractivity contribution in [3.8, 4) is 0 Å². The lowest BCUT2D eigenvalue weighted by atomic mass is 9.88. The van der Waals surface area contributed by atoms with Crippen LogP contribution in [0.15, 0.2) is 60.7 Å². The molecule has 0 radical (unpaired) electrons. The van der Waals surface area contributed by atoms with E-state index in [1.54, 1.807) is 0 Å². The fourth-order valence-corrected chi connectivity index (χ4v) is 2.24. The summed E-state index contributed by atoms with van der Waals surface area (Å²) in [6, 6.07) is 19.7. The molecular weight excluding hydrogens is 264 g/mol. The number of carbonyl (C=O) groups is 2. The molecule has 0 saturated carbocycles. The first kappa shape index (κ1) is 14.8. The van der Waals surface area contributed by atoms with Crippen molar-refractivity contribution >= 4 is 11.8 Å². The molecule has 0 bridgehead atoms. The summed E-state index contributed by atoms with van der Waals surface area (Å²) in [4.78, 5) is 22.7. The minimum atomic E-state index is -0.542. The van der Waals surface area contributed by atoms with Gasteiger partial charge in [-0.25, -0.2) is 0 Å². The Hall–Kier alpha value is -2.62. The Balaban J connectivity index is 2.17. The standard InChI is InChI=1S/C17H18N2O2/c18-16(20)12-19-17(21)11-15(13-7-3-1-4-8-13)14-9-5-2-6-10-14/h1-10,15H,11-12H2,(H2,18,20)(H,19,21). The lowest BCUT2D eigenvalue weighted by molar-refractivity contribution is -0.124. The number of hydrogen-bond donors (Lipinski definition) is 2. The highest BCUT2D eigenvalue weighted by atomic mass is 16.2. The quantitative estimate of drug-likeness (QED) is 0.848. The number of benzene rings is 2. The molecule has 2 aromatic rings. The van der Waals surface area contributed by atoms with Crippen LogP contribution < -0.4 is 11.1 Å². The van der Waals surface area contributed by atoms with Gasteiger partial charge in [0.1, 0.15) is 0 Å². The van der Waals surface area contributed by atoms with Crippen molar-refractivity contribution in [1.29, 1.82) is 0 Å². The third-order valence-corrected chi connectivity index (χ3v) is 3.25. The molecule has 2 amide bonds. The molecule has 0 spiro atoms. The average molecular weight is 282 g/mol. The van der Waals surface area contributed by atoms with Gasteiger partial charge in [0.2, 0.25) is 11.8 Å².